The van der Waals surface area contributed by atoms with E-state index >= 15 is 0 Å². The number of carbonyl (C=O) groups excluding carboxylic acids is 1. The second kappa shape index (κ2) is 9.34. The first-order chi connectivity index (χ1) is 9.63. The molecule has 0 spiro atoms. The van der Waals surface area contributed by atoms with Crippen LogP contribution >= 0.6 is 0 Å². The third-order valence-electron chi connectivity index (χ3n) is 3.21. The van der Waals surface area contributed by atoms with E-state index in [-0.39, 0.29) is 12.6 Å². The number of nitrogens with two attached hydrogens (primary N) is 1. The van der Waals surface area contributed by atoms with Crippen molar-refractivity contribution in [3.8, 4) is 0 Å². The highest BCUT2D eigenvalue weighted by Crippen LogP contribution is 2.16. The lowest BCUT2D eigenvalue weighted by Crippen LogP contribution is -2.20. The molecule has 0 aliphatic carbocycles. The van der Waals surface area contributed by atoms with Gasteiger partial charge in [-0.2, -0.15) is 0 Å². The molecule has 0 heterocycles. The highest BCUT2D eigenvalue weighted by Gasteiger charge is 2.04. The van der Waals surface area contributed by atoms with E-state index in [4.69, 9.17) is 10.8 Å². The lowest BCUT2D eigenvalue weighted by Gasteiger charge is -2.14. The summed E-state index contributed by atoms with van der Waals surface area (Å²) in [6, 6.07) is 7.38. The number of hydrogen-bond donors (Lipinski definition) is 4. The smallest absolute Gasteiger partial charge is 0.316 e. The Morgan fingerprint density at radius 3 is 2.45 bits per heavy atom. The third kappa shape index (κ3) is 6.54. The van der Waals surface area contributed by atoms with Crippen molar-refractivity contribution in [1.82, 2.24) is 5.32 Å². The zero-order chi connectivity index (χ0) is 14.8. The van der Waals surface area contributed by atoms with Gasteiger partial charge in [-0.05, 0) is 44.0 Å². The van der Waals surface area contributed by atoms with Gasteiger partial charge in [0.1, 0.15) is 0 Å². The summed E-state index contributed by atoms with van der Waals surface area (Å²) in [5.74, 6) is 0. The molecule has 1 aromatic carbocycles. The summed E-state index contributed by atoms with van der Waals surface area (Å²) >= 11 is 0. The molecule has 1 rings (SSSR count). The fraction of sp³-hybridized carbons (Fsp3) is 0.533. The molecule has 0 saturated heterocycles. The number of unbranched alkanes of at least 4 members (excludes halogenated alkanes) is 3. The molecule has 0 aliphatic heterocycles. The number of carbonyl (C=O) groups is 1. The number of aliphatic hydroxyl groups excluding tert-OH is 1. The zero-order valence-electron chi connectivity index (χ0n) is 12.1. The molecule has 2 amide bonds. The maximum atomic E-state index is 10.7. The van der Waals surface area contributed by atoms with E-state index in [0.29, 0.717) is 5.69 Å². The lowest BCUT2D eigenvalue weighted by atomic mass is 10.1. The molecule has 5 N–H and O–H groups in total. The minimum atomic E-state index is -0.549. The maximum Gasteiger partial charge on any atom is 0.316 e. The van der Waals surface area contributed by atoms with E-state index in [1.54, 1.807) is 0 Å². The van der Waals surface area contributed by atoms with Crippen molar-refractivity contribution >= 4 is 11.7 Å². The number of nitrogens with one attached hydrogen (secondary N) is 2. The van der Waals surface area contributed by atoms with Crippen LogP contribution in [0.5, 0.6) is 0 Å². The van der Waals surface area contributed by atoms with Crippen molar-refractivity contribution in [2.45, 2.75) is 38.6 Å². The van der Waals surface area contributed by atoms with Gasteiger partial charge in [-0.3, -0.25) is 0 Å². The topological polar surface area (TPSA) is 87.4 Å². The number of rotatable bonds is 9. The molecule has 5 heteroatoms. The molecule has 1 atom stereocenters. The van der Waals surface area contributed by atoms with Crippen molar-refractivity contribution in [1.29, 1.82) is 0 Å². The first kappa shape index (κ1) is 16.5. The van der Waals surface area contributed by atoms with Gasteiger partial charge < -0.3 is 21.5 Å². The van der Waals surface area contributed by atoms with Gasteiger partial charge in [0, 0.05) is 18.3 Å². The molecular formula is C15H25N3O2. The van der Waals surface area contributed by atoms with Crippen LogP contribution in [0.25, 0.3) is 0 Å². The van der Waals surface area contributed by atoms with Gasteiger partial charge in [0.2, 0.25) is 0 Å². The predicted octanol–water partition coefficient (Wildman–Crippen LogP) is 2.38. The summed E-state index contributed by atoms with van der Waals surface area (Å²) in [6.07, 6.45) is 4.23. The number of aliphatic hydroxyl groups is 1. The summed E-state index contributed by atoms with van der Waals surface area (Å²) < 4.78 is 0. The van der Waals surface area contributed by atoms with Crippen LogP contribution in [0, 0.1) is 0 Å². The Kier molecular flexibility index (Phi) is 7.69. The molecule has 20 heavy (non-hydrogen) atoms. The van der Waals surface area contributed by atoms with Crippen LogP contribution in [0.3, 0.4) is 0 Å². The number of urea groups is 1. The molecule has 0 bridgehead atoms. The SMILES string of the molecule is CC(NCCCCCCO)c1ccc(NC(N)=O)cc1. The predicted molar refractivity (Wildman–Crippen MR) is 81.6 cm³/mol. The van der Waals surface area contributed by atoms with Crippen molar-refractivity contribution in [3.05, 3.63) is 29.8 Å². The monoisotopic (exact) mass is 279 g/mol. The summed E-state index contributed by atoms with van der Waals surface area (Å²) in [6.45, 7) is 3.37. The van der Waals surface area contributed by atoms with Gasteiger partial charge in [0.25, 0.3) is 0 Å². The van der Waals surface area contributed by atoms with Crippen LogP contribution in [0.2, 0.25) is 0 Å². The molecule has 0 aromatic heterocycles. The van der Waals surface area contributed by atoms with Crippen LogP contribution in [-0.2, 0) is 0 Å². The molecule has 0 radical (unpaired) electrons. The lowest BCUT2D eigenvalue weighted by molar-refractivity contribution is 0.259. The van der Waals surface area contributed by atoms with Crippen LogP contribution < -0.4 is 16.4 Å². The average Bonchev–Trinajstić information content (AvgIpc) is 2.42. The average molecular weight is 279 g/mol. The second-order valence-corrected chi connectivity index (χ2v) is 4.92. The summed E-state index contributed by atoms with van der Waals surface area (Å²) in [5, 5.41) is 14.7. The first-order valence-corrected chi connectivity index (χ1v) is 7.14. The van der Waals surface area contributed by atoms with E-state index in [1.165, 1.54) is 5.56 Å². The van der Waals surface area contributed by atoms with E-state index < -0.39 is 6.03 Å². The minimum Gasteiger partial charge on any atom is -0.396 e. The molecular weight excluding hydrogens is 254 g/mol. The van der Waals surface area contributed by atoms with Crippen molar-refractivity contribution in [2.24, 2.45) is 5.73 Å². The number of primary amides is 1. The number of amides is 2. The molecule has 1 unspecified atom stereocenters. The third-order valence-corrected chi connectivity index (χ3v) is 3.21. The van der Waals surface area contributed by atoms with Crippen molar-refractivity contribution in [2.75, 3.05) is 18.5 Å². The Morgan fingerprint density at radius 1 is 1.20 bits per heavy atom. The Labute approximate surface area is 120 Å². The molecule has 112 valence electrons. The largest absolute Gasteiger partial charge is 0.396 e. The van der Waals surface area contributed by atoms with Gasteiger partial charge in [0.15, 0.2) is 0 Å². The Morgan fingerprint density at radius 2 is 1.85 bits per heavy atom. The van der Waals surface area contributed by atoms with Crippen LogP contribution in [0.4, 0.5) is 10.5 Å². The van der Waals surface area contributed by atoms with Gasteiger partial charge in [0.05, 0.1) is 0 Å². The maximum absolute atomic E-state index is 10.7. The Hall–Kier alpha value is -1.59. The van der Waals surface area contributed by atoms with E-state index in [1.807, 2.05) is 24.3 Å². The fourth-order valence-electron chi connectivity index (χ4n) is 2.02. The standard InChI is InChI=1S/C15H25N3O2/c1-12(17-10-4-2-3-5-11-19)13-6-8-14(9-7-13)18-15(16)20/h6-9,12,17,19H,2-5,10-11H2,1H3,(H3,16,18,20). The fourth-order valence-corrected chi connectivity index (χ4v) is 2.02. The highest BCUT2D eigenvalue weighted by molar-refractivity contribution is 5.87. The number of benzene rings is 1. The highest BCUT2D eigenvalue weighted by atomic mass is 16.2. The minimum absolute atomic E-state index is 0.274. The van der Waals surface area contributed by atoms with Crippen LogP contribution in [-0.4, -0.2) is 24.3 Å². The first-order valence-electron chi connectivity index (χ1n) is 7.14. The number of anilines is 1. The molecule has 0 aliphatic rings. The normalized spacial score (nSPS) is 12.1. The summed E-state index contributed by atoms with van der Waals surface area (Å²) in [7, 11) is 0. The molecule has 1 aromatic rings. The van der Waals surface area contributed by atoms with E-state index in [9.17, 15) is 4.79 Å². The second-order valence-electron chi connectivity index (χ2n) is 4.92. The molecule has 5 nitrogen and oxygen atoms in total. The quantitative estimate of drug-likeness (QED) is 0.523. The summed E-state index contributed by atoms with van der Waals surface area (Å²) in [4.78, 5) is 10.7. The number of hydrogen-bond acceptors (Lipinski definition) is 3. The van der Waals surface area contributed by atoms with Crippen LogP contribution in [0.15, 0.2) is 24.3 Å². The summed E-state index contributed by atoms with van der Waals surface area (Å²) in [5.41, 5.74) is 6.94. The Bertz CT molecular complexity index is 393. The van der Waals surface area contributed by atoms with Crippen molar-refractivity contribution in [3.63, 3.8) is 0 Å². The van der Waals surface area contributed by atoms with Gasteiger partial charge in [-0.1, -0.05) is 25.0 Å². The van der Waals surface area contributed by atoms with E-state index in [0.717, 1.165) is 32.2 Å². The molecule has 0 fully saturated rings. The van der Waals surface area contributed by atoms with Gasteiger partial charge >= 0.3 is 6.03 Å². The molecule has 0 saturated carbocycles. The van der Waals surface area contributed by atoms with Crippen molar-refractivity contribution < 1.29 is 9.90 Å². The van der Waals surface area contributed by atoms with Gasteiger partial charge in [-0.15, -0.1) is 0 Å². The Balaban J connectivity index is 2.28. The zero-order valence-corrected chi connectivity index (χ0v) is 12.1. The van der Waals surface area contributed by atoms with E-state index in [2.05, 4.69) is 17.6 Å². The van der Waals surface area contributed by atoms with Gasteiger partial charge in [-0.25, -0.2) is 4.79 Å². The van der Waals surface area contributed by atoms with Crippen LogP contribution in [0.1, 0.15) is 44.2 Å².